The average molecular weight is 403 g/mol. The predicted molar refractivity (Wildman–Crippen MR) is 109 cm³/mol. The number of aryl methyl sites for hydroxylation is 1. The molecule has 4 nitrogen and oxygen atoms in total. The molecule has 0 saturated heterocycles. The third-order valence-electron chi connectivity index (χ3n) is 4.16. The second-order valence-corrected chi connectivity index (χ2v) is 8.88. The fourth-order valence-electron chi connectivity index (χ4n) is 3.02. The highest BCUT2D eigenvalue weighted by Crippen LogP contribution is 2.38. The van der Waals surface area contributed by atoms with E-state index < -0.39 is 5.91 Å². The SMILES string of the molecule is Cc1cc2c(cc(-c3ccc(O)cc3Cl)n2Cc2ccc(C(N)=O)s2)s1. The van der Waals surface area contributed by atoms with Crippen molar-refractivity contribution in [2.24, 2.45) is 5.73 Å². The molecule has 0 unspecified atom stereocenters. The highest BCUT2D eigenvalue weighted by Gasteiger charge is 2.17. The number of primary amides is 1. The van der Waals surface area contributed by atoms with Crippen LogP contribution >= 0.6 is 34.3 Å². The van der Waals surface area contributed by atoms with Gasteiger partial charge in [-0.15, -0.1) is 22.7 Å². The second-order valence-electron chi connectivity index (χ2n) is 6.02. The zero-order valence-corrected chi connectivity index (χ0v) is 16.2. The van der Waals surface area contributed by atoms with Crippen molar-refractivity contribution in [1.82, 2.24) is 4.57 Å². The molecular formula is C19H15ClN2O2S2. The Hall–Kier alpha value is -2.28. The number of aromatic hydroxyl groups is 1. The summed E-state index contributed by atoms with van der Waals surface area (Å²) >= 11 is 9.51. The summed E-state index contributed by atoms with van der Waals surface area (Å²) in [7, 11) is 0. The van der Waals surface area contributed by atoms with Crippen molar-refractivity contribution in [2.75, 3.05) is 0 Å². The van der Waals surface area contributed by atoms with Crippen molar-refractivity contribution in [3.05, 3.63) is 62.1 Å². The number of carbonyl (C=O) groups is 1. The van der Waals surface area contributed by atoms with Crippen LogP contribution in [0.4, 0.5) is 0 Å². The van der Waals surface area contributed by atoms with Crippen LogP contribution in [0.1, 0.15) is 19.4 Å². The Kier molecular flexibility index (Phi) is 4.26. The van der Waals surface area contributed by atoms with Gasteiger partial charge < -0.3 is 15.4 Å². The summed E-state index contributed by atoms with van der Waals surface area (Å²) in [6.45, 7) is 2.70. The molecule has 1 aromatic carbocycles. The van der Waals surface area contributed by atoms with Gasteiger partial charge in [0.1, 0.15) is 5.75 Å². The molecule has 3 N–H and O–H groups in total. The zero-order valence-electron chi connectivity index (χ0n) is 13.8. The maximum atomic E-state index is 11.4. The lowest BCUT2D eigenvalue weighted by Crippen LogP contribution is -2.08. The maximum absolute atomic E-state index is 11.4. The molecule has 0 aliphatic rings. The van der Waals surface area contributed by atoms with E-state index in [4.69, 9.17) is 17.3 Å². The standard InChI is InChI=1S/C19H15ClN2O2S2/c1-10-6-16-18(25-10)8-15(13-4-2-11(23)7-14(13)20)22(16)9-12-3-5-17(26-12)19(21)24/h2-8,23H,9H2,1H3,(H2,21,24). The third-order valence-corrected chi connectivity index (χ3v) is 6.54. The van der Waals surface area contributed by atoms with E-state index in [0.29, 0.717) is 16.4 Å². The lowest BCUT2D eigenvalue weighted by Gasteiger charge is -2.11. The first kappa shape index (κ1) is 17.1. The van der Waals surface area contributed by atoms with E-state index >= 15 is 0 Å². The van der Waals surface area contributed by atoms with Gasteiger partial charge >= 0.3 is 0 Å². The molecule has 7 heteroatoms. The number of hydrogen-bond acceptors (Lipinski definition) is 4. The Morgan fingerprint density at radius 2 is 2.00 bits per heavy atom. The number of nitrogens with zero attached hydrogens (tertiary/aromatic N) is 1. The molecule has 3 aromatic heterocycles. The van der Waals surface area contributed by atoms with Gasteiger partial charge in [-0.25, -0.2) is 0 Å². The second kappa shape index (κ2) is 6.46. The fourth-order valence-corrected chi connectivity index (χ4v) is 5.10. The molecular weight excluding hydrogens is 388 g/mol. The molecule has 0 bridgehead atoms. The van der Waals surface area contributed by atoms with Gasteiger partial charge in [-0.05, 0) is 49.4 Å². The number of nitrogens with two attached hydrogens (primary N) is 1. The Morgan fingerprint density at radius 1 is 1.19 bits per heavy atom. The first-order valence-corrected chi connectivity index (χ1v) is 9.90. The molecule has 3 heterocycles. The van der Waals surface area contributed by atoms with E-state index in [1.54, 1.807) is 29.5 Å². The Bertz CT molecular complexity index is 1140. The van der Waals surface area contributed by atoms with Crippen LogP contribution in [0.3, 0.4) is 0 Å². The van der Waals surface area contributed by atoms with Crippen molar-refractivity contribution in [3.8, 4) is 17.0 Å². The van der Waals surface area contributed by atoms with E-state index in [1.165, 1.54) is 20.9 Å². The molecule has 0 aliphatic heterocycles. The molecule has 4 rings (SSSR count). The van der Waals surface area contributed by atoms with Crippen molar-refractivity contribution >= 4 is 50.4 Å². The largest absolute Gasteiger partial charge is 0.508 e. The van der Waals surface area contributed by atoms with Crippen LogP contribution in [0.2, 0.25) is 5.02 Å². The van der Waals surface area contributed by atoms with Crippen molar-refractivity contribution < 1.29 is 9.90 Å². The van der Waals surface area contributed by atoms with Crippen molar-refractivity contribution in [3.63, 3.8) is 0 Å². The van der Waals surface area contributed by atoms with Gasteiger partial charge in [0.05, 0.1) is 32.4 Å². The van der Waals surface area contributed by atoms with Crippen LogP contribution < -0.4 is 5.73 Å². The van der Waals surface area contributed by atoms with E-state index in [1.807, 2.05) is 12.1 Å². The topological polar surface area (TPSA) is 68.2 Å². The molecule has 1 amide bonds. The minimum absolute atomic E-state index is 0.138. The molecule has 26 heavy (non-hydrogen) atoms. The Labute approximate surface area is 163 Å². The smallest absolute Gasteiger partial charge is 0.258 e. The van der Waals surface area contributed by atoms with Crippen LogP contribution in [0.25, 0.3) is 21.5 Å². The number of rotatable bonds is 4. The molecule has 0 saturated carbocycles. The van der Waals surface area contributed by atoms with Gasteiger partial charge in [0.25, 0.3) is 5.91 Å². The first-order valence-electron chi connectivity index (χ1n) is 7.89. The summed E-state index contributed by atoms with van der Waals surface area (Å²) in [5.74, 6) is -0.272. The van der Waals surface area contributed by atoms with E-state index in [0.717, 1.165) is 21.7 Å². The molecule has 0 aliphatic carbocycles. The lowest BCUT2D eigenvalue weighted by molar-refractivity contribution is 0.100. The number of fused-ring (bicyclic) bond motifs is 1. The van der Waals surface area contributed by atoms with Crippen LogP contribution in [0.5, 0.6) is 5.75 Å². The molecule has 132 valence electrons. The van der Waals surface area contributed by atoms with E-state index in [9.17, 15) is 9.90 Å². The number of thiophene rings is 2. The minimum Gasteiger partial charge on any atom is -0.508 e. The monoisotopic (exact) mass is 402 g/mol. The number of carbonyl (C=O) groups excluding carboxylic acids is 1. The number of aromatic nitrogens is 1. The number of phenols is 1. The quantitative estimate of drug-likeness (QED) is 0.489. The molecule has 0 fully saturated rings. The van der Waals surface area contributed by atoms with E-state index in [2.05, 4.69) is 23.6 Å². The van der Waals surface area contributed by atoms with Gasteiger partial charge in [-0.2, -0.15) is 0 Å². The summed E-state index contributed by atoms with van der Waals surface area (Å²) < 4.78 is 3.36. The summed E-state index contributed by atoms with van der Waals surface area (Å²) in [4.78, 5) is 14.2. The third kappa shape index (κ3) is 3.00. The summed E-state index contributed by atoms with van der Waals surface area (Å²) in [6, 6.07) is 13.0. The van der Waals surface area contributed by atoms with Crippen LogP contribution in [0.15, 0.2) is 42.5 Å². The van der Waals surface area contributed by atoms with Gasteiger partial charge in [0.15, 0.2) is 0 Å². The molecule has 0 radical (unpaired) electrons. The molecule has 4 aromatic rings. The summed E-state index contributed by atoms with van der Waals surface area (Å²) in [5.41, 5.74) is 8.34. The normalized spacial score (nSPS) is 11.3. The Morgan fingerprint density at radius 3 is 2.69 bits per heavy atom. The van der Waals surface area contributed by atoms with Gasteiger partial charge in [-0.1, -0.05) is 11.6 Å². The highest BCUT2D eigenvalue weighted by atomic mass is 35.5. The number of phenolic OH excluding ortho intramolecular Hbond substituents is 1. The Balaban J connectivity index is 1.86. The fraction of sp³-hybridized carbons (Fsp3) is 0.105. The first-order chi connectivity index (χ1) is 12.4. The molecule has 0 spiro atoms. The van der Waals surface area contributed by atoms with Crippen molar-refractivity contribution in [2.45, 2.75) is 13.5 Å². The average Bonchev–Trinajstić information content (AvgIpc) is 3.24. The van der Waals surface area contributed by atoms with Crippen molar-refractivity contribution in [1.29, 1.82) is 0 Å². The van der Waals surface area contributed by atoms with Crippen LogP contribution in [-0.4, -0.2) is 15.6 Å². The zero-order chi connectivity index (χ0) is 18.4. The van der Waals surface area contributed by atoms with Crippen LogP contribution in [0, 0.1) is 6.92 Å². The molecule has 0 atom stereocenters. The summed E-state index contributed by atoms with van der Waals surface area (Å²) in [5, 5.41) is 10.1. The number of benzene rings is 1. The van der Waals surface area contributed by atoms with Gasteiger partial charge in [0.2, 0.25) is 0 Å². The van der Waals surface area contributed by atoms with Crippen LogP contribution in [-0.2, 0) is 6.54 Å². The number of amides is 1. The maximum Gasteiger partial charge on any atom is 0.258 e. The predicted octanol–water partition coefficient (Wildman–Crippen LogP) is 5.25. The number of hydrogen-bond donors (Lipinski definition) is 2. The van der Waals surface area contributed by atoms with Gasteiger partial charge in [0, 0.05) is 15.3 Å². The summed E-state index contributed by atoms with van der Waals surface area (Å²) in [6.07, 6.45) is 0. The lowest BCUT2D eigenvalue weighted by atomic mass is 10.1. The minimum atomic E-state index is -0.410. The van der Waals surface area contributed by atoms with Gasteiger partial charge in [-0.3, -0.25) is 4.79 Å². The highest BCUT2D eigenvalue weighted by molar-refractivity contribution is 7.19. The number of halogens is 1. The van der Waals surface area contributed by atoms with E-state index in [-0.39, 0.29) is 5.75 Å².